The fourth-order valence-electron chi connectivity index (χ4n) is 5.36. The molecule has 0 saturated heterocycles. The Morgan fingerprint density at radius 3 is 1.07 bits per heavy atom. The van der Waals surface area contributed by atoms with Crippen molar-refractivity contribution in [1.29, 1.82) is 0 Å². The molecule has 2 aromatic heterocycles. The second-order valence-corrected chi connectivity index (χ2v) is 21.2. The van der Waals surface area contributed by atoms with Gasteiger partial charge in [0.05, 0.1) is 25.7 Å². The van der Waals surface area contributed by atoms with Gasteiger partial charge in [-0.2, -0.15) is 33.7 Å². The molecule has 3 aromatic carbocycles. The van der Waals surface area contributed by atoms with Crippen LogP contribution in [0.1, 0.15) is 0 Å². The average Bonchev–Trinajstić information content (AvgIpc) is 3.61. The quantitative estimate of drug-likeness (QED) is 0.0559. The van der Waals surface area contributed by atoms with Crippen LogP contribution >= 0.6 is 0 Å². The normalized spacial score (nSPS) is 13.2. The zero-order valence-electron chi connectivity index (χ0n) is 29.4. The molecular formula is C20H10N4Na4O24S8. The molecule has 2 heterocycles. The van der Waals surface area contributed by atoms with Gasteiger partial charge in [0.25, 0.3) is 35.5 Å². The van der Waals surface area contributed by atoms with Crippen LogP contribution in [0.15, 0.2) is 64.0 Å². The number of imidazole rings is 2. The Kier molecular flexibility index (Phi) is 17.6. The Morgan fingerprint density at radius 1 is 0.400 bits per heavy atom. The van der Waals surface area contributed by atoms with Gasteiger partial charge in [-0.3, -0.25) is 18.2 Å². The smallest absolute Gasteiger partial charge is 0.744 e. The molecule has 0 fully saturated rings. The molecule has 306 valence electrons. The molecule has 5 rings (SSSR count). The fraction of sp³-hybridized carbons (Fsp3) is 0. The Bertz CT molecular complexity index is 3330. The van der Waals surface area contributed by atoms with Gasteiger partial charge in [-0.05, 0) is 11.1 Å². The van der Waals surface area contributed by atoms with E-state index in [4.69, 9.17) is 0 Å². The third kappa shape index (κ3) is 10.9. The number of rotatable bonds is 10. The van der Waals surface area contributed by atoms with Gasteiger partial charge in [-0.25, -0.2) is 43.6 Å². The van der Waals surface area contributed by atoms with Crippen molar-refractivity contribution in [1.82, 2.24) is 19.9 Å². The van der Waals surface area contributed by atoms with Gasteiger partial charge in [-0.15, -0.1) is 0 Å². The van der Waals surface area contributed by atoms with Crippen LogP contribution in [0.3, 0.4) is 0 Å². The van der Waals surface area contributed by atoms with Crippen LogP contribution in [0.25, 0.3) is 44.3 Å². The molecular weight excluding hydrogens is 1030 g/mol. The maximum atomic E-state index is 13.0. The number of nitrogens with zero attached hydrogens (tertiary/aromatic N) is 2. The average molecular weight is 1040 g/mol. The summed E-state index contributed by atoms with van der Waals surface area (Å²) in [7, 11) is -51.4. The van der Waals surface area contributed by atoms with Crippen molar-refractivity contribution in [3.8, 4) is 22.3 Å². The molecule has 60 heavy (non-hydrogen) atoms. The van der Waals surface area contributed by atoms with Crippen LogP contribution in [0.5, 0.6) is 0 Å². The van der Waals surface area contributed by atoms with Crippen molar-refractivity contribution in [2.45, 2.75) is 39.7 Å². The van der Waals surface area contributed by atoms with Crippen molar-refractivity contribution < 1.29 is 222 Å². The van der Waals surface area contributed by atoms with E-state index in [-0.39, 0.29) is 118 Å². The number of aromatic nitrogens is 4. The number of fused-ring (bicyclic) bond motifs is 2. The van der Waals surface area contributed by atoms with Crippen molar-refractivity contribution in [3.05, 3.63) is 24.3 Å². The molecule has 0 aliphatic heterocycles. The van der Waals surface area contributed by atoms with Crippen LogP contribution in [0.2, 0.25) is 0 Å². The molecule has 6 N–H and O–H groups in total. The summed E-state index contributed by atoms with van der Waals surface area (Å²) in [6, 6.07) is 2.21. The van der Waals surface area contributed by atoms with Gasteiger partial charge >= 0.3 is 128 Å². The number of nitrogens with one attached hydrogen (secondary N) is 2. The fourth-order valence-corrected chi connectivity index (χ4v) is 13.2. The van der Waals surface area contributed by atoms with Gasteiger partial charge in [0.1, 0.15) is 56.1 Å². The first kappa shape index (κ1) is 57.9. The summed E-state index contributed by atoms with van der Waals surface area (Å²) in [6.07, 6.45) is 0. The molecule has 0 spiro atoms. The summed E-state index contributed by atoms with van der Waals surface area (Å²) in [5.74, 6) is 0. The molecule has 0 radical (unpaired) electrons. The Balaban J connectivity index is 0.00000450. The molecule has 0 saturated carbocycles. The Hall–Kier alpha value is -0.120. The van der Waals surface area contributed by atoms with Crippen molar-refractivity contribution in [3.63, 3.8) is 0 Å². The number of hydrogen-bond donors (Lipinski definition) is 6. The van der Waals surface area contributed by atoms with Crippen LogP contribution < -0.4 is 118 Å². The Morgan fingerprint density at radius 2 is 0.733 bits per heavy atom. The summed E-state index contributed by atoms with van der Waals surface area (Å²) in [6.45, 7) is 0. The molecule has 0 unspecified atom stereocenters. The number of hydrogen-bond acceptors (Lipinski definition) is 22. The van der Waals surface area contributed by atoms with E-state index in [0.717, 1.165) is 0 Å². The predicted molar refractivity (Wildman–Crippen MR) is 168 cm³/mol. The molecule has 0 aliphatic carbocycles. The van der Waals surface area contributed by atoms with Crippen LogP contribution in [0.4, 0.5) is 0 Å². The van der Waals surface area contributed by atoms with E-state index in [0.29, 0.717) is 24.3 Å². The van der Waals surface area contributed by atoms with E-state index < -0.39 is 165 Å². The predicted octanol–water partition coefficient (Wildman–Crippen LogP) is -14.6. The van der Waals surface area contributed by atoms with Crippen LogP contribution in [-0.4, -0.2) is 124 Å². The van der Waals surface area contributed by atoms with Gasteiger partial charge in [0.2, 0.25) is 5.16 Å². The van der Waals surface area contributed by atoms with E-state index in [1.165, 1.54) is 9.97 Å². The second kappa shape index (κ2) is 18.3. The summed E-state index contributed by atoms with van der Waals surface area (Å²) in [5, 5.41) is -3.85. The summed E-state index contributed by atoms with van der Waals surface area (Å²) < 4.78 is 289. The van der Waals surface area contributed by atoms with E-state index in [2.05, 4.69) is 9.97 Å². The van der Waals surface area contributed by atoms with Crippen LogP contribution in [-0.2, 0) is 80.9 Å². The SMILES string of the molecule is O=S(=O)([O-])c1nc2c(-c3ccccc3-c3c(S(=O)(=O)O)c(S(=O)(=O)O)c(S(=O)(=O)O)c4[nH]c(S(=O)(=O)O)nc34)c(S(=O)(=O)[O-])c(S(=O)(=O)[O-])c(S(=O)(=O)[O-])c2[nH]1.[Na+].[Na+].[Na+].[Na+]. The summed E-state index contributed by atoms with van der Waals surface area (Å²) >= 11 is 0. The topological polar surface area (TPSA) is 504 Å². The maximum absolute atomic E-state index is 13.0. The van der Waals surface area contributed by atoms with E-state index in [1.54, 1.807) is 0 Å². The van der Waals surface area contributed by atoms with Crippen LogP contribution in [0, 0.1) is 0 Å². The minimum absolute atomic E-state index is 0. The number of aromatic amines is 2. The molecule has 0 atom stereocenters. The molecule has 0 bridgehead atoms. The van der Waals surface area contributed by atoms with E-state index in [9.17, 15) is 104 Å². The zero-order valence-corrected chi connectivity index (χ0v) is 44.0. The molecule has 0 aliphatic rings. The third-order valence-corrected chi connectivity index (χ3v) is 14.4. The number of H-pyrrole nitrogens is 2. The molecule has 28 nitrogen and oxygen atoms in total. The number of benzene rings is 3. The first-order chi connectivity index (χ1) is 24.9. The molecule has 5 aromatic rings. The largest absolute Gasteiger partial charge is 1.00 e. The minimum atomic E-state index is -6.82. The molecule has 0 amide bonds. The maximum Gasteiger partial charge on any atom is 1.00 e. The summed E-state index contributed by atoms with van der Waals surface area (Å²) in [5.41, 5.74) is -13.3. The third-order valence-electron chi connectivity index (χ3n) is 7.04. The zero-order chi connectivity index (χ0) is 42.9. The Labute approximate surface area is 424 Å². The first-order valence-corrected chi connectivity index (χ1v) is 24.3. The van der Waals surface area contributed by atoms with Gasteiger partial charge in [-0.1, -0.05) is 24.3 Å². The standard InChI is InChI=1S/C20H14N4O24S8.4Na/c25-49(26,27)13-7(9-11(23-19(21-9)55(43,44)45)15(51(31,32)33)17(13)53(37,38)39)5-3-1-2-4-6(5)8-10-12(24-20(22-10)56(46,47)48)16(52(34,35)36)18(54(40,41)42)14(8)50(28,29)30;;;;/h1-4H,(H,21,23)(H,22,24)(H,25,26,27)(H,28,29,30)(H,31,32,33)(H,34,35,36)(H,37,38,39)(H,40,41,42)(H,43,44,45)(H,46,47,48);;;;/q;4*+1/p-4. The van der Waals surface area contributed by atoms with Gasteiger partial charge in [0.15, 0.2) is 10.1 Å². The second-order valence-electron chi connectivity index (χ2n) is 10.5. The van der Waals surface area contributed by atoms with Crippen molar-refractivity contribution in [2.24, 2.45) is 0 Å². The van der Waals surface area contributed by atoms with E-state index >= 15 is 0 Å². The first-order valence-electron chi connectivity index (χ1n) is 12.9. The van der Waals surface area contributed by atoms with Crippen molar-refractivity contribution in [2.75, 3.05) is 0 Å². The monoisotopic (exact) mass is 1040 g/mol. The van der Waals surface area contributed by atoms with Crippen molar-refractivity contribution >= 4 is 103 Å². The molecule has 40 heteroatoms. The minimum Gasteiger partial charge on any atom is -0.744 e. The summed E-state index contributed by atoms with van der Waals surface area (Å²) in [4.78, 5) is -6.06. The van der Waals surface area contributed by atoms with Gasteiger partial charge < -0.3 is 28.2 Å². The van der Waals surface area contributed by atoms with E-state index in [1.807, 2.05) is 0 Å². The van der Waals surface area contributed by atoms with Gasteiger partial charge in [0, 0.05) is 11.1 Å².